The molecule has 0 bridgehead atoms. The van der Waals surface area contributed by atoms with Crippen molar-refractivity contribution < 1.29 is 28.2 Å². The summed E-state index contributed by atoms with van der Waals surface area (Å²) in [6.45, 7) is 0. The van der Waals surface area contributed by atoms with Crippen LogP contribution in [0.4, 0.5) is 0 Å². The third kappa shape index (κ3) is 3.47. The van der Waals surface area contributed by atoms with Crippen LogP contribution in [0.1, 0.15) is 0 Å². The molecule has 56 valence electrons. The molecule has 0 spiro atoms. The molecule has 0 amide bonds. The zero-order chi connectivity index (χ0) is 7.56. The van der Waals surface area contributed by atoms with Crippen LogP contribution >= 0.6 is 12.6 Å². The molecule has 1 aromatic rings. The minimum Gasteiger partial charge on any atom is -0.302 e. The predicted molar refractivity (Wildman–Crippen MR) is 42.7 cm³/mol. The Bertz CT molecular complexity index is 247. The quantitative estimate of drug-likeness (QED) is 0.443. The molecule has 0 fully saturated rings. The van der Waals surface area contributed by atoms with Crippen molar-refractivity contribution in [2.24, 2.45) is 0 Å². The smallest absolute Gasteiger partial charge is 0.186 e. The van der Waals surface area contributed by atoms with Gasteiger partial charge in [-0.3, -0.25) is 0 Å². The maximum absolute atomic E-state index is 10.4. The first kappa shape index (κ1) is 11.3. The Morgan fingerprint density at radius 1 is 1.27 bits per heavy atom. The number of thiol groups is 1. The summed E-state index contributed by atoms with van der Waals surface area (Å²) in [5.74, 6) is 0. The molecule has 1 atom stereocenters. The molecule has 1 unspecified atom stereocenters. The van der Waals surface area contributed by atoms with Crippen LogP contribution in [0.3, 0.4) is 0 Å². The molecule has 2 nitrogen and oxygen atoms in total. The van der Waals surface area contributed by atoms with Gasteiger partial charge in [0.2, 0.25) is 0 Å². The standard InChI is InChI=1S/C6H6O2S2.Zn/c7-10(8)6-3-1-5(9)2-4-6;/h1-4,9H,(H,7,8);. The van der Waals surface area contributed by atoms with Gasteiger partial charge in [0.1, 0.15) is 0 Å². The summed E-state index contributed by atoms with van der Waals surface area (Å²) in [6, 6.07) is 6.48. The van der Waals surface area contributed by atoms with E-state index < -0.39 is 11.1 Å². The van der Waals surface area contributed by atoms with E-state index in [2.05, 4.69) is 12.6 Å². The van der Waals surface area contributed by atoms with Gasteiger partial charge in [0.05, 0.1) is 4.90 Å². The molecular weight excluding hydrogens is 234 g/mol. The van der Waals surface area contributed by atoms with Crippen molar-refractivity contribution in [2.75, 3.05) is 0 Å². The van der Waals surface area contributed by atoms with Gasteiger partial charge in [-0.05, 0) is 24.3 Å². The third-order valence-electron chi connectivity index (χ3n) is 1.04. The Morgan fingerprint density at radius 2 is 1.73 bits per heavy atom. The van der Waals surface area contributed by atoms with Crippen LogP contribution in [0.15, 0.2) is 34.1 Å². The fourth-order valence-electron chi connectivity index (χ4n) is 0.563. The maximum atomic E-state index is 10.4. The van der Waals surface area contributed by atoms with Crippen molar-refractivity contribution in [3.63, 3.8) is 0 Å². The van der Waals surface area contributed by atoms with Gasteiger partial charge in [-0.2, -0.15) is 0 Å². The summed E-state index contributed by atoms with van der Waals surface area (Å²) in [5.41, 5.74) is 0. The van der Waals surface area contributed by atoms with E-state index in [1.807, 2.05) is 0 Å². The van der Waals surface area contributed by atoms with Crippen LogP contribution < -0.4 is 0 Å². The summed E-state index contributed by atoms with van der Waals surface area (Å²) < 4.78 is 19.0. The van der Waals surface area contributed by atoms with E-state index in [0.717, 1.165) is 4.90 Å². The van der Waals surface area contributed by atoms with Gasteiger partial charge in [-0.1, -0.05) is 0 Å². The van der Waals surface area contributed by atoms with Gasteiger partial charge in [-0.25, -0.2) is 4.21 Å². The Balaban J connectivity index is 0.000001000. The average Bonchev–Trinajstić information content (AvgIpc) is 1.88. The molecule has 0 aromatic heterocycles. The van der Waals surface area contributed by atoms with Gasteiger partial charge < -0.3 is 4.55 Å². The summed E-state index contributed by atoms with van der Waals surface area (Å²) in [7, 11) is 0. The molecular formula is C6H6O2S2Zn. The van der Waals surface area contributed by atoms with E-state index >= 15 is 0 Å². The first-order valence-electron chi connectivity index (χ1n) is 2.60. The molecule has 0 aliphatic heterocycles. The molecule has 0 radical (unpaired) electrons. The topological polar surface area (TPSA) is 37.3 Å². The normalized spacial score (nSPS) is 11.8. The van der Waals surface area contributed by atoms with Crippen molar-refractivity contribution in [3.8, 4) is 0 Å². The maximum Gasteiger partial charge on any atom is 0.186 e. The minimum atomic E-state index is -1.87. The predicted octanol–water partition coefficient (Wildman–Crippen LogP) is 1.55. The van der Waals surface area contributed by atoms with E-state index in [0.29, 0.717) is 4.90 Å². The second-order valence-electron chi connectivity index (χ2n) is 1.74. The van der Waals surface area contributed by atoms with Crippen LogP contribution in [0.5, 0.6) is 0 Å². The Kier molecular flexibility index (Phi) is 5.18. The van der Waals surface area contributed by atoms with Crippen molar-refractivity contribution in [1.29, 1.82) is 0 Å². The largest absolute Gasteiger partial charge is 0.302 e. The van der Waals surface area contributed by atoms with Crippen LogP contribution in [0, 0.1) is 0 Å². The summed E-state index contributed by atoms with van der Waals surface area (Å²) in [6.07, 6.45) is 0. The average molecular weight is 240 g/mol. The fourth-order valence-corrected chi connectivity index (χ4v) is 1.08. The minimum absolute atomic E-state index is 0. The Morgan fingerprint density at radius 3 is 2.09 bits per heavy atom. The molecule has 0 heterocycles. The molecule has 0 saturated carbocycles. The zero-order valence-electron chi connectivity index (χ0n) is 5.73. The van der Waals surface area contributed by atoms with E-state index in [4.69, 9.17) is 4.55 Å². The summed E-state index contributed by atoms with van der Waals surface area (Å²) in [4.78, 5) is 1.19. The van der Waals surface area contributed by atoms with Crippen molar-refractivity contribution in [3.05, 3.63) is 24.3 Å². The van der Waals surface area contributed by atoms with Crippen molar-refractivity contribution >= 4 is 23.7 Å². The van der Waals surface area contributed by atoms with Gasteiger partial charge in [0, 0.05) is 24.4 Å². The third-order valence-corrected chi connectivity index (χ3v) is 2.01. The molecule has 1 rings (SSSR count). The second-order valence-corrected chi connectivity index (χ2v) is 3.23. The van der Waals surface area contributed by atoms with Gasteiger partial charge in [0.15, 0.2) is 11.1 Å². The summed E-state index contributed by atoms with van der Waals surface area (Å²) in [5, 5.41) is 0. The van der Waals surface area contributed by atoms with Crippen molar-refractivity contribution in [1.82, 2.24) is 0 Å². The van der Waals surface area contributed by atoms with E-state index in [-0.39, 0.29) is 19.5 Å². The molecule has 1 N–H and O–H groups in total. The number of hydrogen-bond acceptors (Lipinski definition) is 2. The molecule has 1 aromatic carbocycles. The number of hydrogen-bond donors (Lipinski definition) is 2. The molecule has 5 heteroatoms. The summed E-state index contributed by atoms with van der Waals surface area (Å²) >= 11 is 2.15. The fraction of sp³-hybridized carbons (Fsp3) is 0. The zero-order valence-corrected chi connectivity index (χ0v) is 10.4. The number of benzene rings is 1. The first-order chi connectivity index (χ1) is 4.70. The Labute approximate surface area is 85.8 Å². The Hall–Kier alpha value is 0.303. The molecule has 0 aliphatic rings. The van der Waals surface area contributed by atoms with E-state index in [9.17, 15) is 4.21 Å². The number of rotatable bonds is 1. The van der Waals surface area contributed by atoms with Gasteiger partial charge >= 0.3 is 0 Å². The molecule has 0 saturated heterocycles. The van der Waals surface area contributed by atoms with Crippen LogP contribution in [0.2, 0.25) is 0 Å². The van der Waals surface area contributed by atoms with E-state index in [1.165, 1.54) is 0 Å². The van der Waals surface area contributed by atoms with Crippen LogP contribution in [-0.2, 0) is 30.6 Å². The first-order valence-corrected chi connectivity index (χ1v) is 4.15. The SMILES string of the molecule is O=S(O)c1ccc(S)cc1.[Zn]. The van der Waals surface area contributed by atoms with Crippen molar-refractivity contribution in [2.45, 2.75) is 9.79 Å². The van der Waals surface area contributed by atoms with Crippen LogP contribution in [-0.4, -0.2) is 8.76 Å². The molecule has 0 aliphatic carbocycles. The van der Waals surface area contributed by atoms with E-state index in [1.54, 1.807) is 24.3 Å². The van der Waals surface area contributed by atoms with Gasteiger partial charge in [-0.15, -0.1) is 12.6 Å². The monoisotopic (exact) mass is 238 g/mol. The molecule has 11 heavy (non-hydrogen) atoms. The second kappa shape index (κ2) is 5.04. The van der Waals surface area contributed by atoms with Gasteiger partial charge in [0.25, 0.3) is 0 Å². The van der Waals surface area contributed by atoms with Crippen LogP contribution in [0.25, 0.3) is 0 Å².